The van der Waals surface area contributed by atoms with E-state index in [4.69, 9.17) is 0 Å². The zero-order valence-electron chi connectivity index (χ0n) is 40.3. The van der Waals surface area contributed by atoms with E-state index in [1.807, 2.05) is 0 Å². The van der Waals surface area contributed by atoms with Crippen LogP contribution in [0.3, 0.4) is 0 Å². The van der Waals surface area contributed by atoms with Crippen molar-refractivity contribution in [1.82, 2.24) is 4.57 Å². The summed E-state index contributed by atoms with van der Waals surface area (Å²) in [6.45, 7) is 0. The summed E-state index contributed by atoms with van der Waals surface area (Å²) in [5.41, 5.74) is 20.4. The Kier molecular flexibility index (Phi) is 11.4. The molecule has 0 amide bonds. The normalized spacial score (nSPS) is 12.9. The van der Waals surface area contributed by atoms with Crippen molar-refractivity contribution in [2.45, 2.75) is 38.0 Å². The minimum absolute atomic E-state index is 0.659. The van der Waals surface area contributed by atoms with Crippen LogP contribution in [0.5, 0.6) is 0 Å². The molecule has 0 saturated heterocycles. The maximum atomic E-state index is 2.47. The van der Waals surface area contributed by atoms with E-state index in [9.17, 15) is 0 Å². The molecular weight excluding hydrogens is 869 g/mol. The van der Waals surface area contributed by atoms with Crippen LogP contribution in [0.4, 0.5) is 17.1 Å². The van der Waals surface area contributed by atoms with Crippen LogP contribution in [0.15, 0.2) is 261 Å². The highest BCUT2D eigenvalue weighted by Gasteiger charge is 2.21. The molecule has 344 valence electrons. The van der Waals surface area contributed by atoms with E-state index < -0.39 is 0 Å². The first-order chi connectivity index (χ1) is 35.7. The van der Waals surface area contributed by atoms with Crippen LogP contribution in [0.2, 0.25) is 0 Å². The van der Waals surface area contributed by atoms with Gasteiger partial charge in [0.2, 0.25) is 0 Å². The number of benzene rings is 11. The summed E-state index contributed by atoms with van der Waals surface area (Å²) >= 11 is 0. The predicted molar refractivity (Wildman–Crippen MR) is 306 cm³/mol. The van der Waals surface area contributed by atoms with Gasteiger partial charge in [-0.1, -0.05) is 226 Å². The van der Waals surface area contributed by atoms with Gasteiger partial charge in [-0.05, 0) is 145 Å². The van der Waals surface area contributed by atoms with Crippen molar-refractivity contribution in [3.63, 3.8) is 0 Å². The lowest BCUT2D eigenvalue weighted by atomic mass is 9.84. The zero-order valence-corrected chi connectivity index (χ0v) is 40.3. The smallest absolute Gasteiger partial charge is 0.0561 e. The summed E-state index contributed by atoms with van der Waals surface area (Å²) in [6.07, 6.45) is 6.61. The quantitative estimate of drug-likeness (QED) is 0.133. The highest BCUT2D eigenvalue weighted by Crippen LogP contribution is 2.45. The largest absolute Gasteiger partial charge is 0.310 e. The van der Waals surface area contributed by atoms with Gasteiger partial charge in [0.25, 0.3) is 0 Å². The molecule has 0 atom stereocenters. The number of hydrogen-bond donors (Lipinski definition) is 0. The summed E-state index contributed by atoms with van der Waals surface area (Å²) in [7, 11) is 0. The van der Waals surface area contributed by atoms with Crippen LogP contribution in [-0.2, 0) is 0 Å². The molecule has 0 spiro atoms. The van der Waals surface area contributed by atoms with Crippen molar-refractivity contribution < 1.29 is 0 Å². The van der Waals surface area contributed by atoms with Gasteiger partial charge < -0.3 is 9.47 Å². The third-order valence-corrected chi connectivity index (χ3v) is 15.2. The average Bonchev–Trinajstić information content (AvgIpc) is 3.79. The summed E-state index contributed by atoms with van der Waals surface area (Å²) in [4.78, 5) is 2.43. The first-order valence-corrected chi connectivity index (χ1v) is 25.7. The van der Waals surface area contributed by atoms with E-state index >= 15 is 0 Å². The van der Waals surface area contributed by atoms with E-state index in [-0.39, 0.29) is 0 Å². The van der Waals surface area contributed by atoms with Gasteiger partial charge in [0, 0.05) is 33.5 Å². The molecular formula is C70H54N2. The van der Waals surface area contributed by atoms with E-state index in [2.05, 4.69) is 270 Å². The Labute approximate surface area is 422 Å². The Bertz CT molecular complexity index is 3790. The topological polar surface area (TPSA) is 8.17 Å². The molecule has 0 aliphatic heterocycles. The molecule has 0 bridgehead atoms. The van der Waals surface area contributed by atoms with Crippen molar-refractivity contribution in [3.05, 3.63) is 266 Å². The third kappa shape index (κ3) is 7.96. The summed E-state index contributed by atoms with van der Waals surface area (Å²) in [6, 6.07) is 96.3. The van der Waals surface area contributed by atoms with Gasteiger partial charge in [0.1, 0.15) is 0 Å². The molecule has 1 fully saturated rings. The predicted octanol–water partition coefficient (Wildman–Crippen LogP) is 19.8. The van der Waals surface area contributed by atoms with Crippen molar-refractivity contribution in [2.75, 3.05) is 4.90 Å². The highest BCUT2D eigenvalue weighted by molar-refractivity contribution is 6.11. The molecule has 1 aromatic heterocycles. The molecule has 1 aliphatic carbocycles. The maximum absolute atomic E-state index is 2.47. The fraction of sp³-hybridized carbons (Fsp3) is 0.0857. The van der Waals surface area contributed by atoms with Gasteiger partial charge in [-0.15, -0.1) is 0 Å². The molecule has 1 saturated carbocycles. The second kappa shape index (κ2) is 18.9. The average molecular weight is 923 g/mol. The van der Waals surface area contributed by atoms with Crippen LogP contribution < -0.4 is 4.90 Å². The highest BCUT2D eigenvalue weighted by atomic mass is 15.1. The minimum Gasteiger partial charge on any atom is -0.310 e. The van der Waals surface area contributed by atoms with Gasteiger partial charge in [-0.3, -0.25) is 0 Å². The molecule has 0 unspecified atom stereocenters. The molecule has 2 nitrogen and oxygen atoms in total. The van der Waals surface area contributed by atoms with Gasteiger partial charge in [0.15, 0.2) is 0 Å². The van der Waals surface area contributed by atoms with Crippen LogP contribution in [-0.4, -0.2) is 4.57 Å². The van der Waals surface area contributed by atoms with Gasteiger partial charge in [0.05, 0.1) is 11.0 Å². The minimum atomic E-state index is 0.659. The van der Waals surface area contributed by atoms with E-state index in [0.717, 1.165) is 17.1 Å². The van der Waals surface area contributed by atoms with E-state index in [1.54, 1.807) is 0 Å². The molecule has 11 aromatic carbocycles. The second-order valence-corrected chi connectivity index (χ2v) is 19.4. The van der Waals surface area contributed by atoms with Crippen LogP contribution in [0.1, 0.15) is 43.6 Å². The molecule has 13 rings (SSSR count). The number of rotatable bonds is 10. The second-order valence-electron chi connectivity index (χ2n) is 19.4. The number of para-hydroxylation sites is 1. The fourth-order valence-electron chi connectivity index (χ4n) is 11.7. The van der Waals surface area contributed by atoms with Crippen molar-refractivity contribution >= 4 is 49.6 Å². The third-order valence-electron chi connectivity index (χ3n) is 15.2. The maximum Gasteiger partial charge on any atom is 0.0561 e. The number of hydrogen-bond acceptors (Lipinski definition) is 1. The van der Waals surface area contributed by atoms with Gasteiger partial charge in [-0.25, -0.2) is 0 Å². The molecule has 0 radical (unpaired) electrons. The molecule has 1 heterocycles. The molecule has 72 heavy (non-hydrogen) atoms. The van der Waals surface area contributed by atoms with E-state index in [1.165, 1.54) is 132 Å². The standard InChI is InChI=1S/C70H54N2/c1-5-18-49(19-6-1)50-32-39-59(40-33-50)72-67-31-16-15-28-65(67)66-47-45-60(48-68(66)72)71(57-41-34-54(35-42-57)64-46-38-53-24-13-14-27-61(53)69(64)55-25-11-4-12-26-55)58-43-36-56(37-44-58)70-62(51-20-7-2-8-21-51)29-17-30-63(70)52-22-9-3-10-23-52/h2-4,7-17,20-49H,1,5-6,18-19H2. The summed E-state index contributed by atoms with van der Waals surface area (Å²) in [5, 5.41) is 4.99. The number of fused-ring (bicyclic) bond motifs is 4. The van der Waals surface area contributed by atoms with Crippen LogP contribution >= 0.6 is 0 Å². The molecule has 12 aromatic rings. The first kappa shape index (κ1) is 43.3. The Morgan fingerprint density at radius 3 is 1.47 bits per heavy atom. The molecule has 1 aliphatic rings. The van der Waals surface area contributed by atoms with Gasteiger partial charge in [-0.2, -0.15) is 0 Å². The zero-order chi connectivity index (χ0) is 47.8. The van der Waals surface area contributed by atoms with Crippen molar-refractivity contribution in [1.29, 1.82) is 0 Å². The monoisotopic (exact) mass is 922 g/mol. The first-order valence-electron chi connectivity index (χ1n) is 25.7. The van der Waals surface area contributed by atoms with Gasteiger partial charge >= 0.3 is 0 Å². The lowest BCUT2D eigenvalue weighted by Crippen LogP contribution is -2.10. The lowest BCUT2D eigenvalue weighted by molar-refractivity contribution is 0.443. The summed E-state index contributed by atoms with van der Waals surface area (Å²) in [5.74, 6) is 0.659. The fourth-order valence-corrected chi connectivity index (χ4v) is 11.7. The Morgan fingerprint density at radius 1 is 0.319 bits per heavy atom. The number of aromatic nitrogens is 1. The molecule has 0 N–H and O–H groups in total. The van der Waals surface area contributed by atoms with Crippen molar-refractivity contribution in [3.8, 4) is 61.3 Å². The number of nitrogens with zero attached hydrogens (tertiary/aromatic N) is 2. The van der Waals surface area contributed by atoms with Crippen LogP contribution in [0, 0.1) is 0 Å². The van der Waals surface area contributed by atoms with Crippen molar-refractivity contribution in [2.24, 2.45) is 0 Å². The Morgan fingerprint density at radius 2 is 0.819 bits per heavy atom. The van der Waals surface area contributed by atoms with Crippen LogP contribution in [0.25, 0.3) is 93.9 Å². The Balaban J connectivity index is 0.971. The Hall–Kier alpha value is -8.72. The number of anilines is 3. The summed E-state index contributed by atoms with van der Waals surface area (Å²) < 4.78 is 2.47. The van der Waals surface area contributed by atoms with E-state index in [0.29, 0.717) is 5.92 Å². The molecule has 2 heteroatoms. The SMILES string of the molecule is c1ccc(-c2cccc(-c3ccccc3)c2-c2ccc(N(c3ccc(-c4ccc5ccccc5c4-c4ccccc4)cc3)c3ccc4c5ccccc5n(-c5ccc(C6CCCCC6)cc5)c4c3)cc2)cc1. The lowest BCUT2D eigenvalue weighted by Gasteiger charge is -2.27.